The van der Waals surface area contributed by atoms with E-state index < -0.39 is 22.5 Å². The third-order valence-corrected chi connectivity index (χ3v) is 6.80. The lowest BCUT2D eigenvalue weighted by Crippen LogP contribution is -2.38. The SMILES string of the molecule is COC(=O)CN(c1nc(-c2ccccc2)c2cc(C)ccc2n1)S(=O)(=O)Cc1ccccc1. The molecule has 0 saturated heterocycles. The Balaban J connectivity index is 1.90. The first-order valence-electron chi connectivity index (χ1n) is 10.3. The lowest BCUT2D eigenvalue weighted by molar-refractivity contribution is -0.138. The van der Waals surface area contributed by atoms with Crippen LogP contribution in [0.2, 0.25) is 0 Å². The number of benzene rings is 3. The monoisotopic (exact) mass is 461 g/mol. The summed E-state index contributed by atoms with van der Waals surface area (Å²) >= 11 is 0. The Kier molecular flexibility index (Phi) is 6.37. The first-order chi connectivity index (χ1) is 15.9. The first kappa shape index (κ1) is 22.4. The van der Waals surface area contributed by atoms with Gasteiger partial charge in [-0.2, -0.15) is 0 Å². The second-order valence-electron chi connectivity index (χ2n) is 7.58. The Morgan fingerprint density at radius 1 is 0.939 bits per heavy atom. The maximum Gasteiger partial charge on any atom is 0.326 e. The molecule has 0 unspecified atom stereocenters. The smallest absolute Gasteiger partial charge is 0.326 e. The number of aromatic nitrogens is 2. The molecule has 0 fully saturated rings. The first-order valence-corrected chi connectivity index (χ1v) is 11.9. The van der Waals surface area contributed by atoms with Gasteiger partial charge in [0, 0.05) is 10.9 Å². The molecular formula is C25H23N3O4S. The van der Waals surface area contributed by atoms with Crippen LogP contribution in [0.25, 0.3) is 22.2 Å². The van der Waals surface area contributed by atoms with Crippen LogP contribution in [0.1, 0.15) is 11.1 Å². The standard InChI is InChI=1S/C25H23N3O4S/c1-18-13-14-22-21(15-18)24(20-11-7-4-8-12-20)27-25(26-22)28(16-23(29)32-2)33(30,31)17-19-9-5-3-6-10-19/h3-15H,16-17H2,1-2H3. The van der Waals surface area contributed by atoms with Gasteiger partial charge in [-0.1, -0.05) is 72.3 Å². The zero-order chi connectivity index (χ0) is 23.4. The van der Waals surface area contributed by atoms with Gasteiger partial charge in [0.05, 0.1) is 24.1 Å². The van der Waals surface area contributed by atoms with Crippen LogP contribution >= 0.6 is 0 Å². The summed E-state index contributed by atoms with van der Waals surface area (Å²) < 4.78 is 32.5. The molecule has 0 saturated carbocycles. The van der Waals surface area contributed by atoms with Crippen molar-refractivity contribution in [2.75, 3.05) is 18.0 Å². The number of rotatable bonds is 7. The molecule has 0 aliphatic heterocycles. The molecule has 4 rings (SSSR count). The Morgan fingerprint density at radius 2 is 1.61 bits per heavy atom. The summed E-state index contributed by atoms with van der Waals surface area (Å²) in [4.78, 5) is 21.3. The zero-order valence-electron chi connectivity index (χ0n) is 18.3. The maximum absolute atomic E-state index is 13.4. The Hall–Kier alpha value is -3.78. The van der Waals surface area contributed by atoms with Crippen molar-refractivity contribution in [2.24, 2.45) is 0 Å². The van der Waals surface area contributed by atoms with E-state index in [-0.39, 0.29) is 11.7 Å². The number of fused-ring (bicyclic) bond motifs is 1. The lowest BCUT2D eigenvalue weighted by atomic mass is 10.0. The number of anilines is 1. The van der Waals surface area contributed by atoms with Gasteiger partial charge < -0.3 is 4.74 Å². The number of carbonyl (C=O) groups is 1. The number of hydrogen-bond acceptors (Lipinski definition) is 6. The lowest BCUT2D eigenvalue weighted by Gasteiger charge is -2.22. The fourth-order valence-electron chi connectivity index (χ4n) is 3.50. The Bertz CT molecular complexity index is 1390. The summed E-state index contributed by atoms with van der Waals surface area (Å²) in [5.41, 5.74) is 3.60. The van der Waals surface area contributed by atoms with Crippen LogP contribution < -0.4 is 4.31 Å². The molecule has 0 N–H and O–H groups in total. The highest BCUT2D eigenvalue weighted by Crippen LogP contribution is 2.30. The summed E-state index contributed by atoms with van der Waals surface area (Å²) in [6, 6.07) is 23.9. The number of hydrogen-bond donors (Lipinski definition) is 0. The van der Waals surface area contributed by atoms with E-state index in [1.165, 1.54) is 7.11 Å². The van der Waals surface area contributed by atoms with Gasteiger partial charge in [-0.05, 0) is 24.6 Å². The van der Waals surface area contributed by atoms with Crippen LogP contribution in [-0.4, -0.2) is 38.0 Å². The van der Waals surface area contributed by atoms with Crippen molar-refractivity contribution < 1.29 is 17.9 Å². The van der Waals surface area contributed by atoms with Gasteiger partial charge in [-0.25, -0.2) is 22.7 Å². The van der Waals surface area contributed by atoms with Gasteiger partial charge in [-0.15, -0.1) is 0 Å². The number of sulfonamides is 1. The fraction of sp³-hybridized carbons (Fsp3) is 0.160. The summed E-state index contributed by atoms with van der Waals surface area (Å²) in [7, 11) is -2.79. The van der Waals surface area contributed by atoms with Crippen LogP contribution in [0.15, 0.2) is 78.9 Å². The number of nitrogens with zero attached hydrogens (tertiary/aromatic N) is 3. The van der Waals surface area contributed by atoms with E-state index >= 15 is 0 Å². The molecule has 33 heavy (non-hydrogen) atoms. The van der Waals surface area contributed by atoms with Gasteiger partial charge in [0.25, 0.3) is 0 Å². The molecule has 8 heteroatoms. The predicted molar refractivity (Wildman–Crippen MR) is 128 cm³/mol. The Labute approximate surface area is 192 Å². The molecule has 1 heterocycles. The third-order valence-electron chi connectivity index (χ3n) is 5.14. The molecule has 3 aromatic carbocycles. The van der Waals surface area contributed by atoms with Crippen LogP contribution in [0.3, 0.4) is 0 Å². The van der Waals surface area contributed by atoms with Crippen LogP contribution in [0, 0.1) is 6.92 Å². The topological polar surface area (TPSA) is 89.5 Å². The molecular weight excluding hydrogens is 438 g/mol. The molecule has 0 spiro atoms. The summed E-state index contributed by atoms with van der Waals surface area (Å²) in [5.74, 6) is -1.09. The number of carbonyl (C=O) groups excluding carboxylic acids is 1. The molecule has 0 aliphatic rings. The molecule has 0 bridgehead atoms. The number of esters is 1. The summed E-state index contributed by atoms with van der Waals surface area (Å²) in [6.07, 6.45) is 0. The second-order valence-corrected chi connectivity index (χ2v) is 9.48. The molecule has 4 aromatic rings. The van der Waals surface area contributed by atoms with E-state index in [1.54, 1.807) is 24.3 Å². The van der Waals surface area contributed by atoms with Crippen molar-refractivity contribution in [2.45, 2.75) is 12.7 Å². The van der Waals surface area contributed by atoms with Gasteiger partial charge in [0.15, 0.2) is 0 Å². The fourth-order valence-corrected chi connectivity index (χ4v) is 4.90. The van der Waals surface area contributed by atoms with Gasteiger partial charge >= 0.3 is 5.97 Å². The number of ether oxygens (including phenoxy) is 1. The normalized spacial score (nSPS) is 11.3. The van der Waals surface area contributed by atoms with Crippen LogP contribution in [-0.2, 0) is 25.3 Å². The number of methoxy groups -OCH3 is 1. The largest absolute Gasteiger partial charge is 0.468 e. The molecule has 0 atom stereocenters. The van der Waals surface area contributed by atoms with Gasteiger partial charge in [0.2, 0.25) is 16.0 Å². The highest BCUT2D eigenvalue weighted by Gasteiger charge is 2.29. The molecule has 0 amide bonds. The minimum atomic E-state index is -4.00. The molecule has 168 valence electrons. The highest BCUT2D eigenvalue weighted by molar-refractivity contribution is 7.92. The summed E-state index contributed by atoms with van der Waals surface area (Å²) in [6.45, 7) is 1.44. The minimum Gasteiger partial charge on any atom is -0.468 e. The van der Waals surface area contributed by atoms with E-state index in [9.17, 15) is 13.2 Å². The molecule has 0 radical (unpaired) electrons. The minimum absolute atomic E-state index is 0.0773. The van der Waals surface area contributed by atoms with Crippen LogP contribution in [0.4, 0.5) is 5.95 Å². The van der Waals surface area contributed by atoms with Gasteiger partial charge in [0.1, 0.15) is 6.54 Å². The quantitative estimate of drug-likeness (QED) is 0.385. The van der Waals surface area contributed by atoms with E-state index in [0.29, 0.717) is 16.8 Å². The molecule has 7 nitrogen and oxygen atoms in total. The average molecular weight is 462 g/mol. The average Bonchev–Trinajstić information content (AvgIpc) is 2.82. The van der Waals surface area contributed by atoms with E-state index in [1.807, 2.05) is 61.5 Å². The van der Waals surface area contributed by atoms with Crippen molar-refractivity contribution in [3.63, 3.8) is 0 Å². The zero-order valence-corrected chi connectivity index (χ0v) is 19.1. The Morgan fingerprint density at radius 3 is 2.27 bits per heavy atom. The van der Waals surface area contributed by atoms with E-state index in [0.717, 1.165) is 20.8 Å². The van der Waals surface area contributed by atoms with Crippen molar-refractivity contribution in [1.29, 1.82) is 0 Å². The highest BCUT2D eigenvalue weighted by atomic mass is 32.2. The summed E-state index contributed by atoms with van der Waals surface area (Å²) in [5, 5.41) is 0.795. The van der Waals surface area contributed by atoms with Crippen molar-refractivity contribution in [1.82, 2.24) is 9.97 Å². The van der Waals surface area contributed by atoms with Crippen molar-refractivity contribution in [3.05, 3.63) is 90.0 Å². The molecule has 1 aromatic heterocycles. The maximum atomic E-state index is 13.4. The number of aryl methyl sites for hydroxylation is 1. The van der Waals surface area contributed by atoms with Gasteiger partial charge in [-0.3, -0.25) is 4.79 Å². The molecule has 0 aliphatic carbocycles. The van der Waals surface area contributed by atoms with E-state index in [2.05, 4.69) is 9.97 Å². The van der Waals surface area contributed by atoms with Crippen LogP contribution in [0.5, 0.6) is 0 Å². The van der Waals surface area contributed by atoms with E-state index in [4.69, 9.17) is 4.74 Å². The third kappa shape index (κ3) is 5.01. The van der Waals surface area contributed by atoms with Crippen molar-refractivity contribution in [3.8, 4) is 11.3 Å². The van der Waals surface area contributed by atoms with Crippen molar-refractivity contribution >= 4 is 32.8 Å². The predicted octanol–water partition coefficient (Wildman–Crippen LogP) is 4.11. The second kappa shape index (κ2) is 9.38.